The summed E-state index contributed by atoms with van der Waals surface area (Å²) in [6.07, 6.45) is 7.05. The molecule has 0 spiro atoms. The number of ether oxygens (including phenoxy) is 1. The molecule has 1 N–H and O–H groups in total. The summed E-state index contributed by atoms with van der Waals surface area (Å²) in [5.74, 6) is 0.769. The minimum absolute atomic E-state index is 0.0649. The highest BCUT2D eigenvalue weighted by Crippen LogP contribution is 2.28. The van der Waals surface area contributed by atoms with Crippen LogP contribution in [0.15, 0.2) is 12.4 Å². The first-order valence-electron chi connectivity index (χ1n) is 7.71. The summed E-state index contributed by atoms with van der Waals surface area (Å²) in [4.78, 5) is 14.5. The Hall–Kier alpha value is -1.40. The minimum Gasteiger partial charge on any atom is -0.380 e. The maximum Gasteiger partial charge on any atom is 0.239 e. The van der Waals surface area contributed by atoms with Crippen LogP contribution in [0.4, 0.5) is 0 Å². The molecule has 0 radical (unpaired) electrons. The van der Waals surface area contributed by atoms with E-state index in [0.717, 1.165) is 38.9 Å². The van der Waals surface area contributed by atoms with Gasteiger partial charge in [0.2, 0.25) is 5.91 Å². The molecule has 2 fully saturated rings. The Labute approximate surface area is 125 Å². The van der Waals surface area contributed by atoms with Crippen molar-refractivity contribution in [2.45, 2.75) is 37.3 Å². The van der Waals surface area contributed by atoms with Crippen molar-refractivity contribution < 1.29 is 9.53 Å². The Morgan fingerprint density at radius 2 is 2.19 bits per heavy atom. The molecular weight excluding hydrogens is 268 g/mol. The van der Waals surface area contributed by atoms with E-state index in [1.54, 1.807) is 7.11 Å². The second-order valence-corrected chi connectivity index (χ2v) is 6.10. The third-order valence-electron chi connectivity index (χ3n) is 4.72. The van der Waals surface area contributed by atoms with Gasteiger partial charge in [-0.25, -0.2) is 0 Å². The predicted octanol–water partition coefficient (Wildman–Crippen LogP) is 0.503. The zero-order valence-electron chi connectivity index (χ0n) is 12.8. The van der Waals surface area contributed by atoms with Gasteiger partial charge in [-0.2, -0.15) is 5.10 Å². The number of amides is 1. The Kier molecular flexibility index (Phi) is 4.26. The van der Waals surface area contributed by atoms with Crippen LogP contribution >= 0.6 is 0 Å². The van der Waals surface area contributed by atoms with E-state index in [1.807, 2.05) is 22.8 Å². The fraction of sp³-hybridized carbons (Fsp3) is 0.733. The molecule has 3 heterocycles. The summed E-state index contributed by atoms with van der Waals surface area (Å²) in [7, 11) is 3.65. The lowest BCUT2D eigenvalue weighted by molar-refractivity contribution is -0.134. The van der Waals surface area contributed by atoms with Crippen LogP contribution in [0.3, 0.4) is 0 Å². The van der Waals surface area contributed by atoms with Crippen LogP contribution in [-0.2, 0) is 16.6 Å². The van der Waals surface area contributed by atoms with E-state index >= 15 is 0 Å². The van der Waals surface area contributed by atoms with Crippen molar-refractivity contribution >= 4 is 5.91 Å². The number of carbonyl (C=O) groups excluding carboxylic acids is 1. The number of nitrogens with zero attached hydrogens (tertiary/aromatic N) is 3. The molecule has 0 aliphatic carbocycles. The van der Waals surface area contributed by atoms with E-state index in [4.69, 9.17) is 4.74 Å². The van der Waals surface area contributed by atoms with Gasteiger partial charge >= 0.3 is 0 Å². The van der Waals surface area contributed by atoms with E-state index < -0.39 is 0 Å². The van der Waals surface area contributed by atoms with E-state index in [2.05, 4.69) is 16.6 Å². The number of piperidine rings is 1. The molecule has 116 valence electrons. The highest BCUT2D eigenvalue weighted by molar-refractivity contribution is 5.82. The zero-order valence-corrected chi connectivity index (χ0v) is 12.8. The number of likely N-dealkylation sites (tertiary alicyclic amines) is 1. The standard InChI is InChI=1S/C15H24N4O2/c1-18-10-12(8-17-18)11-3-5-19(6-4-11)15(20)14-7-13(21-2)9-16-14/h8,10-11,13-14,16H,3-7,9H2,1-2H3/t13-,14-/m0/s1. The molecule has 21 heavy (non-hydrogen) atoms. The number of rotatable bonds is 3. The molecule has 6 heteroatoms. The van der Waals surface area contributed by atoms with Crippen molar-refractivity contribution in [2.24, 2.45) is 7.05 Å². The van der Waals surface area contributed by atoms with Gasteiger partial charge in [0.1, 0.15) is 0 Å². The lowest BCUT2D eigenvalue weighted by atomic mass is 9.91. The SMILES string of the molecule is CO[C@@H]1CN[C@H](C(=O)N2CCC(c3cnn(C)c3)CC2)C1. The maximum absolute atomic E-state index is 12.5. The largest absolute Gasteiger partial charge is 0.380 e. The summed E-state index contributed by atoms with van der Waals surface area (Å²) in [5.41, 5.74) is 1.29. The number of carbonyl (C=O) groups is 1. The highest BCUT2D eigenvalue weighted by Gasteiger charge is 2.34. The second kappa shape index (κ2) is 6.15. The normalized spacial score (nSPS) is 27.2. The van der Waals surface area contributed by atoms with E-state index in [0.29, 0.717) is 5.92 Å². The molecule has 0 bridgehead atoms. The van der Waals surface area contributed by atoms with Gasteiger partial charge in [-0.1, -0.05) is 0 Å². The monoisotopic (exact) mass is 292 g/mol. The first-order chi connectivity index (χ1) is 10.2. The van der Waals surface area contributed by atoms with Crippen molar-refractivity contribution in [2.75, 3.05) is 26.7 Å². The van der Waals surface area contributed by atoms with Crippen molar-refractivity contribution in [3.05, 3.63) is 18.0 Å². The maximum atomic E-state index is 12.5. The molecule has 1 amide bonds. The van der Waals surface area contributed by atoms with Gasteiger partial charge in [-0.05, 0) is 30.7 Å². The van der Waals surface area contributed by atoms with Crippen molar-refractivity contribution in [1.82, 2.24) is 20.0 Å². The van der Waals surface area contributed by atoms with Crippen LogP contribution in [0.1, 0.15) is 30.7 Å². The fourth-order valence-corrected chi connectivity index (χ4v) is 3.38. The van der Waals surface area contributed by atoms with E-state index in [-0.39, 0.29) is 18.1 Å². The molecule has 2 aliphatic heterocycles. The van der Waals surface area contributed by atoms with Crippen LogP contribution in [0, 0.1) is 0 Å². The number of aryl methyl sites for hydroxylation is 1. The Bertz CT molecular complexity index is 494. The lowest BCUT2D eigenvalue weighted by Crippen LogP contribution is -2.46. The number of hydrogen-bond acceptors (Lipinski definition) is 4. The van der Waals surface area contributed by atoms with Crippen molar-refractivity contribution in [1.29, 1.82) is 0 Å². The second-order valence-electron chi connectivity index (χ2n) is 6.10. The predicted molar refractivity (Wildman–Crippen MR) is 79.0 cm³/mol. The molecule has 2 aliphatic rings. The number of methoxy groups -OCH3 is 1. The van der Waals surface area contributed by atoms with E-state index in [1.165, 1.54) is 5.56 Å². The fourth-order valence-electron chi connectivity index (χ4n) is 3.38. The summed E-state index contributed by atoms with van der Waals surface area (Å²) in [6.45, 7) is 2.46. The first kappa shape index (κ1) is 14.5. The number of nitrogens with one attached hydrogen (secondary N) is 1. The Balaban J connectivity index is 1.52. The Morgan fingerprint density at radius 3 is 2.76 bits per heavy atom. The highest BCUT2D eigenvalue weighted by atomic mass is 16.5. The number of hydrogen-bond donors (Lipinski definition) is 1. The zero-order chi connectivity index (χ0) is 14.8. The van der Waals surface area contributed by atoms with Gasteiger partial charge in [0, 0.05) is 40.0 Å². The third-order valence-corrected chi connectivity index (χ3v) is 4.72. The minimum atomic E-state index is -0.0649. The molecule has 1 aromatic rings. The molecule has 6 nitrogen and oxygen atoms in total. The number of aromatic nitrogens is 2. The van der Waals surface area contributed by atoms with Gasteiger partial charge in [-0.15, -0.1) is 0 Å². The molecular formula is C15H24N4O2. The quantitative estimate of drug-likeness (QED) is 0.881. The van der Waals surface area contributed by atoms with Crippen LogP contribution in [0.25, 0.3) is 0 Å². The lowest BCUT2D eigenvalue weighted by Gasteiger charge is -2.33. The summed E-state index contributed by atoms with van der Waals surface area (Å²) < 4.78 is 7.16. The van der Waals surface area contributed by atoms with Crippen LogP contribution in [0.5, 0.6) is 0 Å². The molecule has 3 rings (SSSR count). The van der Waals surface area contributed by atoms with Crippen LogP contribution in [-0.4, -0.2) is 59.5 Å². The van der Waals surface area contributed by atoms with Gasteiger partial charge in [0.15, 0.2) is 0 Å². The molecule has 0 saturated carbocycles. The van der Waals surface area contributed by atoms with E-state index in [9.17, 15) is 4.79 Å². The molecule has 0 aromatic carbocycles. The Morgan fingerprint density at radius 1 is 1.43 bits per heavy atom. The molecule has 2 atom stereocenters. The summed E-state index contributed by atoms with van der Waals surface area (Å²) in [5, 5.41) is 7.51. The topological polar surface area (TPSA) is 59.4 Å². The van der Waals surface area contributed by atoms with Gasteiger partial charge in [0.05, 0.1) is 18.3 Å². The van der Waals surface area contributed by atoms with Gasteiger partial charge in [-0.3, -0.25) is 9.48 Å². The van der Waals surface area contributed by atoms with Crippen molar-refractivity contribution in [3.63, 3.8) is 0 Å². The van der Waals surface area contributed by atoms with Crippen LogP contribution in [0.2, 0.25) is 0 Å². The molecule has 0 unspecified atom stereocenters. The van der Waals surface area contributed by atoms with Gasteiger partial charge < -0.3 is 15.0 Å². The molecule has 1 aromatic heterocycles. The average Bonchev–Trinajstić information content (AvgIpc) is 3.15. The van der Waals surface area contributed by atoms with Gasteiger partial charge in [0.25, 0.3) is 0 Å². The third kappa shape index (κ3) is 3.11. The van der Waals surface area contributed by atoms with Crippen LogP contribution < -0.4 is 5.32 Å². The average molecular weight is 292 g/mol. The first-order valence-corrected chi connectivity index (χ1v) is 7.71. The molecule has 2 saturated heterocycles. The summed E-state index contributed by atoms with van der Waals surface area (Å²) in [6, 6.07) is -0.0649. The smallest absolute Gasteiger partial charge is 0.239 e. The summed E-state index contributed by atoms with van der Waals surface area (Å²) >= 11 is 0. The van der Waals surface area contributed by atoms with Crippen molar-refractivity contribution in [3.8, 4) is 0 Å².